The molecule has 1 fully saturated rings. The van der Waals surface area contributed by atoms with Crippen molar-refractivity contribution in [1.29, 1.82) is 0 Å². The van der Waals surface area contributed by atoms with Crippen LogP contribution in [-0.2, 0) is 11.2 Å². The van der Waals surface area contributed by atoms with E-state index in [1.807, 2.05) is 30.3 Å². The van der Waals surface area contributed by atoms with E-state index >= 15 is 0 Å². The van der Waals surface area contributed by atoms with Gasteiger partial charge in [0.15, 0.2) is 0 Å². The van der Waals surface area contributed by atoms with E-state index in [9.17, 15) is 4.79 Å². The third-order valence-electron chi connectivity index (χ3n) is 5.36. The Kier molecular flexibility index (Phi) is 7.92. The van der Waals surface area contributed by atoms with E-state index in [2.05, 4.69) is 24.0 Å². The SMILES string of the molecule is CC1CCCCN1CCCOC(=O)c1ccc(OCCc2ccccc2)cc1. The van der Waals surface area contributed by atoms with Crippen molar-refractivity contribution in [2.45, 2.75) is 45.1 Å². The molecule has 2 aromatic rings. The van der Waals surface area contributed by atoms with Gasteiger partial charge in [0, 0.05) is 19.0 Å². The zero-order valence-corrected chi connectivity index (χ0v) is 16.8. The zero-order chi connectivity index (χ0) is 19.6. The summed E-state index contributed by atoms with van der Waals surface area (Å²) in [5, 5.41) is 0. The normalized spacial score (nSPS) is 17.2. The highest BCUT2D eigenvalue weighted by Crippen LogP contribution is 2.17. The van der Waals surface area contributed by atoms with E-state index in [4.69, 9.17) is 9.47 Å². The molecule has 0 radical (unpaired) electrons. The predicted octanol–water partition coefficient (Wildman–Crippen LogP) is 4.73. The van der Waals surface area contributed by atoms with Crippen molar-refractivity contribution >= 4 is 5.97 Å². The van der Waals surface area contributed by atoms with Crippen LogP contribution in [0.5, 0.6) is 5.75 Å². The van der Waals surface area contributed by atoms with Crippen LogP contribution in [0.4, 0.5) is 0 Å². The molecule has 2 aromatic carbocycles. The number of rotatable bonds is 9. The Bertz CT molecular complexity index is 714. The largest absolute Gasteiger partial charge is 0.493 e. The summed E-state index contributed by atoms with van der Waals surface area (Å²) in [6.07, 6.45) is 5.64. The molecule has 0 N–H and O–H groups in total. The summed E-state index contributed by atoms with van der Waals surface area (Å²) in [4.78, 5) is 14.7. The van der Waals surface area contributed by atoms with Crippen molar-refractivity contribution < 1.29 is 14.3 Å². The van der Waals surface area contributed by atoms with Gasteiger partial charge >= 0.3 is 5.97 Å². The summed E-state index contributed by atoms with van der Waals surface area (Å²) in [5.74, 6) is 0.508. The van der Waals surface area contributed by atoms with Crippen molar-refractivity contribution in [3.05, 3.63) is 65.7 Å². The third kappa shape index (κ3) is 6.38. The zero-order valence-electron chi connectivity index (χ0n) is 16.8. The van der Waals surface area contributed by atoms with Gasteiger partial charge < -0.3 is 14.4 Å². The summed E-state index contributed by atoms with van der Waals surface area (Å²) in [7, 11) is 0. The third-order valence-corrected chi connectivity index (χ3v) is 5.36. The molecule has 1 atom stereocenters. The van der Waals surface area contributed by atoms with Gasteiger partial charge in [-0.15, -0.1) is 0 Å². The number of carbonyl (C=O) groups is 1. The lowest BCUT2D eigenvalue weighted by Gasteiger charge is -2.33. The lowest BCUT2D eigenvalue weighted by atomic mass is 10.0. The molecule has 0 saturated carbocycles. The number of esters is 1. The molecule has 4 nitrogen and oxygen atoms in total. The van der Waals surface area contributed by atoms with Gasteiger partial charge in [0.25, 0.3) is 0 Å². The average Bonchev–Trinajstić information content (AvgIpc) is 2.73. The molecule has 1 aliphatic heterocycles. The fourth-order valence-electron chi connectivity index (χ4n) is 3.62. The highest BCUT2D eigenvalue weighted by Gasteiger charge is 2.17. The van der Waals surface area contributed by atoms with Gasteiger partial charge in [-0.25, -0.2) is 4.79 Å². The Labute approximate surface area is 168 Å². The first-order valence-electron chi connectivity index (χ1n) is 10.4. The topological polar surface area (TPSA) is 38.8 Å². The minimum absolute atomic E-state index is 0.262. The summed E-state index contributed by atoms with van der Waals surface area (Å²) >= 11 is 0. The number of nitrogens with zero attached hydrogens (tertiary/aromatic N) is 1. The van der Waals surface area contributed by atoms with Crippen LogP contribution in [0.15, 0.2) is 54.6 Å². The maximum absolute atomic E-state index is 12.2. The molecule has 0 bridgehead atoms. The molecular weight excluding hydrogens is 350 g/mol. The molecule has 28 heavy (non-hydrogen) atoms. The van der Waals surface area contributed by atoms with Crippen LogP contribution >= 0.6 is 0 Å². The van der Waals surface area contributed by atoms with E-state index < -0.39 is 0 Å². The summed E-state index contributed by atoms with van der Waals surface area (Å²) < 4.78 is 11.2. The number of benzene rings is 2. The molecule has 0 aliphatic carbocycles. The number of piperidine rings is 1. The quantitative estimate of drug-likeness (QED) is 0.465. The highest BCUT2D eigenvalue weighted by atomic mass is 16.5. The van der Waals surface area contributed by atoms with Gasteiger partial charge in [0.1, 0.15) is 5.75 Å². The first-order chi connectivity index (χ1) is 13.7. The second-order valence-corrected chi connectivity index (χ2v) is 7.48. The van der Waals surface area contributed by atoms with Crippen LogP contribution in [0, 0.1) is 0 Å². The van der Waals surface area contributed by atoms with Crippen LogP contribution in [0.1, 0.15) is 48.5 Å². The van der Waals surface area contributed by atoms with Gasteiger partial charge in [-0.2, -0.15) is 0 Å². The predicted molar refractivity (Wildman–Crippen MR) is 112 cm³/mol. The fourth-order valence-corrected chi connectivity index (χ4v) is 3.62. The maximum Gasteiger partial charge on any atom is 0.338 e. The Hall–Kier alpha value is -2.33. The minimum atomic E-state index is -0.262. The molecule has 0 aromatic heterocycles. The first kappa shape index (κ1) is 20.4. The maximum atomic E-state index is 12.2. The van der Waals surface area contributed by atoms with Gasteiger partial charge in [-0.1, -0.05) is 36.8 Å². The number of ether oxygens (including phenoxy) is 2. The van der Waals surface area contributed by atoms with Gasteiger partial charge in [-0.3, -0.25) is 0 Å². The molecule has 3 rings (SSSR count). The molecule has 0 spiro atoms. The van der Waals surface area contributed by atoms with E-state index in [0.717, 1.165) is 25.1 Å². The molecule has 1 aliphatic rings. The van der Waals surface area contributed by atoms with E-state index in [1.165, 1.54) is 31.4 Å². The van der Waals surface area contributed by atoms with Gasteiger partial charge in [-0.05, 0) is 62.6 Å². The highest BCUT2D eigenvalue weighted by molar-refractivity contribution is 5.89. The van der Waals surface area contributed by atoms with Crippen molar-refractivity contribution in [2.24, 2.45) is 0 Å². The lowest BCUT2D eigenvalue weighted by molar-refractivity contribution is 0.0475. The molecule has 1 heterocycles. The van der Waals surface area contributed by atoms with Crippen molar-refractivity contribution in [3.63, 3.8) is 0 Å². The Morgan fingerprint density at radius 1 is 1.04 bits per heavy atom. The summed E-state index contributed by atoms with van der Waals surface area (Å²) in [6, 6.07) is 18.1. The first-order valence-corrected chi connectivity index (χ1v) is 10.4. The second kappa shape index (κ2) is 10.9. The van der Waals surface area contributed by atoms with Crippen molar-refractivity contribution in [2.75, 3.05) is 26.3 Å². The number of hydrogen-bond donors (Lipinski definition) is 0. The molecule has 150 valence electrons. The van der Waals surface area contributed by atoms with Crippen LogP contribution in [0.25, 0.3) is 0 Å². The number of carbonyl (C=O) groups excluding carboxylic acids is 1. The van der Waals surface area contributed by atoms with Crippen LogP contribution < -0.4 is 4.74 Å². The van der Waals surface area contributed by atoms with E-state index in [0.29, 0.717) is 24.8 Å². The van der Waals surface area contributed by atoms with Gasteiger partial charge in [0.05, 0.1) is 18.8 Å². The Morgan fingerprint density at radius 2 is 1.82 bits per heavy atom. The molecular formula is C24H31NO3. The van der Waals surface area contributed by atoms with Gasteiger partial charge in [0.2, 0.25) is 0 Å². The van der Waals surface area contributed by atoms with Crippen molar-refractivity contribution in [1.82, 2.24) is 4.90 Å². The van der Waals surface area contributed by atoms with E-state index in [1.54, 1.807) is 12.1 Å². The monoisotopic (exact) mass is 381 g/mol. The standard InChI is InChI=1S/C24H31NO3/c1-20-8-5-6-16-25(20)17-7-18-28-24(26)22-11-13-23(14-12-22)27-19-15-21-9-3-2-4-10-21/h2-4,9-14,20H,5-8,15-19H2,1H3. The fraction of sp³-hybridized carbons (Fsp3) is 0.458. The molecule has 0 amide bonds. The number of likely N-dealkylation sites (tertiary alicyclic amines) is 1. The minimum Gasteiger partial charge on any atom is -0.493 e. The summed E-state index contributed by atoms with van der Waals surface area (Å²) in [5.41, 5.74) is 1.82. The molecule has 1 saturated heterocycles. The lowest BCUT2D eigenvalue weighted by Crippen LogP contribution is -2.38. The smallest absolute Gasteiger partial charge is 0.338 e. The molecule has 1 unspecified atom stereocenters. The Morgan fingerprint density at radius 3 is 2.57 bits per heavy atom. The second-order valence-electron chi connectivity index (χ2n) is 7.48. The summed E-state index contributed by atoms with van der Waals surface area (Å²) in [6.45, 7) is 5.54. The molecule has 4 heteroatoms. The van der Waals surface area contributed by atoms with Crippen molar-refractivity contribution in [3.8, 4) is 5.75 Å². The average molecular weight is 382 g/mol. The van der Waals surface area contributed by atoms with Crippen LogP contribution in [0.2, 0.25) is 0 Å². The van der Waals surface area contributed by atoms with Crippen LogP contribution in [0.3, 0.4) is 0 Å². The number of hydrogen-bond acceptors (Lipinski definition) is 4. The van der Waals surface area contributed by atoms with Crippen LogP contribution in [-0.4, -0.2) is 43.2 Å². The van der Waals surface area contributed by atoms with E-state index in [-0.39, 0.29) is 5.97 Å². The Balaban J connectivity index is 1.35.